The molecular weight excluding hydrogens is 290 g/mol. The lowest BCUT2D eigenvalue weighted by molar-refractivity contribution is 0.246. The predicted octanol–water partition coefficient (Wildman–Crippen LogP) is 4.90. The van der Waals surface area contributed by atoms with Gasteiger partial charge in [-0.15, -0.1) is 11.3 Å². The van der Waals surface area contributed by atoms with Crippen molar-refractivity contribution in [2.75, 3.05) is 5.73 Å². The first-order valence-electron chi connectivity index (χ1n) is 8.19. The highest BCUT2D eigenvalue weighted by Crippen LogP contribution is 2.46. The molecule has 3 heteroatoms. The number of thiophene rings is 1. The van der Waals surface area contributed by atoms with E-state index in [0.717, 1.165) is 24.8 Å². The molecule has 0 fully saturated rings. The van der Waals surface area contributed by atoms with Crippen molar-refractivity contribution < 1.29 is 5.11 Å². The molecule has 0 saturated heterocycles. The Kier molecular flexibility index (Phi) is 4.18. The quantitative estimate of drug-likeness (QED) is 0.623. The number of anilines is 1. The number of nitrogens with two attached hydrogens (primary N) is 1. The summed E-state index contributed by atoms with van der Waals surface area (Å²) < 4.78 is 0. The Morgan fingerprint density at radius 1 is 1.36 bits per heavy atom. The van der Waals surface area contributed by atoms with Gasteiger partial charge in [-0.05, 0) is 60.2 Å². The molecule has 0 spiro atoms. The van der Waals surface area contributed by atoms with E-state index in [0.29, 0.717) is 17.4 Å². The highest BCUT2D eigenvalue weighted by Gasteiger charge is 2.38. The highest BCUT2D eigenvalue weighted by atomic mass is 32.1. The molecule has 118 valence electrons. The predicted molar refractivity (Wildman–Crippen MR) is 94.6 cm³/mol. The summed E-state index contributed by atoms with van der Waals surface area (Å²) in [5.41, 5.74) is 8.93. The first-order valence-corrected chi connectivity index (χ1v) is 9.07. The van der Waals surface area contributed by atoms with Crippen molar-refractivity contribution in [1.82, 2.24) is 0 Å². The summed E-state index contributed by atoms with van der Waals surface area (Å²) in [5.74, 6) is 0.936. The second kappa shape index (κ2) is 5.96. The topological polar surface area (TPSA) is 46.2 Å². The van der Waals surface area contributed by atoms with Crippen LogP contribution < -0.4 is 5.73 Å². The van der Waals surface area contributed by atoms with E-state index >= 15 is 0 Å². The van der Waals surface area contributed by atoms with Crippen LogP contribution in [-0.2, 0) is 18.3 Å². The van der Waals surface area contributed by atoms with E-state index in [1.165, 1.54) is 23.3 Å². The van der Waals surface area contributed by atoms with Gasteiger partial charge in [0.1, 0.15) is 5.75 Å². The van der Waals surface area contributed by atoms with Gasteiger partial charge in [-0.25, -0.2) is 0 Å². The lowest BCUT2D eigenvalue weighted by atomic mass is 9.65. The summed E-state index contributed by atoms with van der Waals surface area (Å²) in [6.07, 6.45) is 5.51. The molecule has 0 bridgehead atoms. The van der Waals surface area contributed by atoms with E-state index in [2.05, 4.69) is 37.4 Å². The largest absolute Gasteiger partial charge is 0.505 e. The summed E-state index contributed by atoms with van der Waals surface area (Å²) >= 11 is 1.88. The average molecular weight is 315 g/mol. The fraction of sp³-hybridized carbons (Fsp3) is 0.474. The Hall–Kier alpha value is -1.48. The van der Waals surface area contributed by atoms with Crippen LogP contribution in [0.15, 0.2) is 29.6 Å². The zero-order chi connectivity index (χ0) is 15.7. The van der Waals surface area contributed by atoms with Gasteiger partial charge in [0.15, 0.2) is 0 Å². The lowest BCUT2D eigenvalue weighted by Crippen LogP contribution is -2.35. The molecule has 3 rings (SSSR count). The van der Waals surface area contributed by atoms with Crippen LogP contribution in [0.5, 0.6) is 5.75 Å². The van der Waals surface area contributed by atoms with Crippen molar-refractivity contribution in [2.45, 2.75) is 51.4 Å². The second-order valence-electron chi connectivity index (χ2n) is 6.73. The van der Waals surface area contributed by atoms with E-state index in [1.54, 1.807) is 0 Å². The Balaban J connectivity index is 1.94. The first-order chi connectivity index (χ1) is 10.6. The van der Waals surface area contributed by atoms with Crippen LogP contribution in [-0.4, -0.2) is 5.11 Å². The zero-order valence-corrected chi connectivity index (χ0v) is 14.2. The third kappa shape index (κ3) is 2.52. The molecule has 3 N–H and O–H groups in total. The van der Waals surface area contributed by atoms with Gasteiger partial charge in [0.05, 0.1) is 5.69 Å². The fourth-order valence-electron chi connectivity index (χ4n) is 4.05. The molecular formula is C19H25NOS. The van der Waals surface area contributed by atoms with E-state index in [9.17, 15) is 5.11 Å². The van der Waals surface area contributed by atoms with E-state index in [4.69, 9.17) is 5.73 Å². The highest BCUT2D eigenvalue weighted by molar-refractivity contribution is 7.10. The monoisotopic (exact) mass is 315 g/mol. The number of hydrogen-bond donors (Lipinski definition) is 2. The number of nitrogen functional groups attached to an aromatic ring is 1. The molecule has 0 amide bonds. The first kappa shape index (κ1) is 15.4. The van der Waals surface area contributed by atoms with E-state index in [-0.39, 0.29) is 5.41 Å². The van der Waals surface area contributed by atoms with E-state index < -0.39 is 0 Å². The summed E-state index contributed by atoms with van der Waals surface area (Å²) in [6, 6.07) is 8.41. The SMILES string of the molecule is CCCC(C)(c1cccs1)[C@H]1CCc2c(ccc(N)c2O)C1. The molecule has 2 atom stereocenters. The normalized spacial score (nSPS) is 20.4. The molecule has 1 aliphatic rings. The van der Waals surface area contributed by atoms with Crippen LogP contribution in [0.2, 0.25) is 0 Å². The summed E-state index contributed by atoms with van der Waals surface area (Å²) in [4.78, 5) is 1.50. The fourth-order valence-corrected chi connectivity index (χ4v) is 5.05. The van der Waals surface area contributed by atoms with Gasteiger partial charge in [-0.1, -0.05) is 32.4 Å². The third-order valence-corrected chi connectivity index (χ3v) is 6.52. The van der Waals surface area contributed by atoms with Crippen LogP contribution in [0.3, 0.4) is 0 Å². The van der Waals surface area contributed by atoms with Crippen molar-refractivity contribution in [2.24, 2.45) is 5.92 Å². The Morgan fingerprint density at radius 3 is 2.86 bits per heavy atom. The molecule has 1 aliphatic carbocycles. The van der Waals surface area contributed by atoms with Crippen molar-refractivity contribution >= 4 is 17.0 Å². The molecule has 22 heavy (non-hydrogen) atoms. The van der Waals surface area contributed by atoms with Crippen molar-refractivity contribution in [3.63, 3.8) is 0 Å². The minimum atomic E-state index is 0.234. The number of hydrogen-bond acceptors (Lipinski definition) is 3. The summed E-state index contributed by atoms with van der Waals surface area (Å²) in [5, 5.41) is 12.4. The molecule has 1 aromatic heterocycles. The van der Waals surface area contributed by atoms with Gasteiger partial charge in [-0.2, -0.15) is 0 Å². The molecule has 0 saturated carbocycles. The van der Waals surface area contributed by atoms with Crippen LogP contribution in [0.1, 0.15) is 49.1 Å². The number of rotatable bonds is 4. The van der Waals surface area contributed by atoms with Gasteiger partial charge < -0.3 is 10.8 Å². The van der Waals surface area contributed by atoms with Crippen molar-refractivity contribution in [1.29, 1.82) is 0 Å². The number of benzene rings is 1. The van der Waals surface area contributed by atoms with Gasteiger partial charge in [-0.3, -0.25) is 0 Å². The summed E-state index contributed by atoms with van der Waals surface area (Å²) in [6.45, 7) is 4.70. The van der Waals surface area contributed by atoms with Gasteiger partial charge in [0, 0.05) is 10.3 Å². The molecule has 0 aliphatic heterocycles. The Bertz CT molecular complexity index is 650. The van der Waals surface area contributed by atoms with Crippen LogP contribution in [0.25, 0.3) is 0 Å². The molecule has 0 radical (unpaired) electrons. The zero-order valence-electron chi connectivity index (χ0n) is 13.4. The Morgan fingerprint density at radius 2 is 2.18 bits per heavy atom. The van der Waals surface area contributed by atoms with Crippen LogP contribution >= 0.6 is 11.3 Å². The number of phenolic OH excluding ortho intramolecular Hbond substituents is 1. The molecule has 1 heterocycles. The molecule has 1 unspecified atom stereocenters. The standard InChI is InChI=1S/C19H25NOS/c1-3-10-19(2,17-5-4-11-22-17)14-7-8-15-13(12-14)6-9-16(20)18(15)21/h4-6,9,11,14,21H,3,7-8,10,12,20H2,1-2H3/t14-,19?/m0/s1. The lowest BCUT2D eigenvalue weighted by Gasteiger charge is -2.40. The van der Waals surface area contributed by atoms with Gasteiger partial charge in [0.2, 0.25) is 0 Å². The van der Waals surface area contributed by atoms with Gasteiger partial charge >= 0.3 is 0 Å². The Labute approximate surface area is 137 Å². The van der Waals surface area contributed by atoms with Crippen LogP contribution in [0, 0.1) is 5.92 Å². The number of aromatic hydroxyl groups is 1. The van der Waals surface area contributed by atoms with E-state index in [1.807, 2.05) is 17.4 Å². The maximum Gasteiger partial charge on any atom is 0.141 e. The maximum absolute atomic E-state index is 10.2. The maximum atomic E-state index is 10.2. The summed E-state index contributed by atoms with van der Waals surface area (Å²) in [7, 11) is 0. The number of phenols is 1. The van der Waals surface area contributed by atoms with Crippen molar-refractivity contribution in [3.8, 4) is 5.75 Å². The minimum Gasteiger partial charge on any atom is -0.505 e. The number of fused-ring (bicyclic) bond motifs is 1. The van der Waals surface area contributed by atoms with Crippen molar-refractivity contribution in [3.05, 3.63) is 45.6 Å². The average Bonchev–Trinajstić information content (AvgIpc) is 3.06. The molecule has 1 aromatic carbocycles. The van der Waals surface area contributed by atoms with Gasteiger partial charge in [0.25, 0.3) is 0 Å². The third-order valence-electron chi connectivity index (χ3n) is 5.37. The van der Waals surface area contributed by atoms with Crippen LogP contribution in [0.4, 0.5) is 5.69 Å². The second-order valence-corrected chi connectivity index (χ2v) is 7.67. The molecule has 2 aromatic rings. The minimum absolute atomic E-state index is 0.234. The molecule has 2 nitrogen and oxygen atoms in total. The smallest absolute Gasteiger partial charge is 0.141 e.